The van der Waals surface area contributed by atoms with E-state index >= 15 is 0 Å². The molecule has 2 rings (SSSR count). The summed E-state index contributed by atoms with van der Waals surface area (Å²) >= 11 is 1.44. The van der Waals surface area contributed by atoms with Crippen LogP contribution >= 0.6 is 11.3 Å². The SMILES string of the molecule is CCC(=O)N1CCC1(C)C(=O)Nc1ncc(C)s1. The fourth-order valence-corrected chi connectivity index (χ4v) is 2.69. The first-order valence-corrected chi connectivity index (χ1v) is 6.83. The highest BCUT2D eigenvalue weighted by atomic mass is 32.1. The van der Waals surface area contributed by atoms with E-state index in [-0.39, 0.29) is 11.8 Å². The second-order valence-electron chi connectivity index (χ2n) is 4.65. The zero-order valence-electron chi connectivity index (χ0n) is 10.8. The number of likely N-dealkylation sites (tertiary alicyclic amines) is 1. The molecule has 5 nitrogen and oxygen atoms in total. The highest BCUT2D eigenvalue weighted by Gasteiger charge is 2.49. The molecule has 0 spiro atoms. The number of amides is 2. The molecular formula is C12H17N3O2S. The molecule has 0 aromatic carbocycles. The minimum absolute atomic E-state index is 0.0224. The van der Waals surface area contributed by atoms with Gasteiger partial charge in [0, 0.05) is 24.0 Å². The number of thiazole rings is 1. The van der Waals surface area contributed by atoms with Crippen LogP contribution in [0.25, 0.3) is 0 Å². The predicted octanol–water partition coefficient (Wildman–Crippen LogP) is 1.79. The Morgan fingerprint density at radius 1 is 1.61 bits per heavy atom. The Bertz CT molecular complexity index is 485. The number of hydrogen-bond donors (Lipinski definition) is 1. The minimum atomic E-state index is -0.716. The molecule has 2 amide bonds. The van der Waals surface area contributed by atoms with Gasteiger partial charge >= 0.3 is 0 Å². The smallest absolute Gasteiger partial charge is 0.251 e. The molecular weight excluding hydrogens is 250 g/mol. The van der Waals surface area contributed by atoms with E-state index in [0.717, 1.165) is 4.88 Å². The lowest BCUT2D eigenvalue weighted by Gasteiger charge is -2.48. The minimum Gasteiger partial charge on any atom is -0.328 e. The maximum atomic E-state index is 12.2. The molecule has 0 radical (unpaired) electrons. The average molecular weight is 267 g/mol. The van der Waals surface area contributed by atoms with E-state index in [9.17, 15) is 9.59 Å². The summed E-state index contributed by atoms with van der Waals surface area (Å²) in [6.45, 7) is 6.21. The van der Waals surface area contributed by atoms with Crippen LogP contribution < -0.4 is 5.32 Å². The molecule has 0 aliphatic carbocycles. The van der Waals surface area contributed by atoms with Crippen molar-refractivity contribution in [1.29, 1.82) is 0 Å². The fraction of sp³-hybridized carbons (Fsp3) is 0.583. The molecule has 1 aliphatic heterocycles. The molecule has 1 unspecified atom stereocenters. The van der Waals surface area contributed by atoms with Crippen molar-refractivity contribution in [3.05, 3.63) is 11.1 Å². The van der Waals surface area contributed by atoms with Crippen molar-refractivity contribution in [2.75, 3.05) is 11.9 Å². The highest BCUT2D eigenvalue weighted by Crippen LogP contribution is 2.32. The predicted molar refractivity (Wildman–Crippen MR) is 70.5 cm³/mol. The van der Waals surface area contributed by atoms with Gasteiger partial charge in [0.05, 0.1) is 0 Å². The highest BCUT2D eigenvalue weighted by molar-refractivity contribution is 7.15. The van der Waals surface area contributed by atoms with Gasteiger partial charge in [0.2, 0.25) is 5.91 Å². The third-order valence-corrected chi connectivity index (χ3v) is 4.18. The summed E-state index contributed by atoms with van der Waals surface area (Å²) < 4.78 is 0. The molecule has 1 aromatic rings. The van der Waals surface area contributed by atoms with Crippen LogP contribution in [0.4, 0.5) is 5.13 Å². The van der Waals surface area contributed by atoms with Crippen molar-refractivity contribution in [2.24, 2.45) is 0 Å². The first-order valence-electron chi connectivity index (χ1n) is 6.01. The van der Waals surface area contributed by atoms with Gasteiger partial charge in [-0.3, -0.25) is 14.9 Å². The van der Waals surface area contributed by atoms with Crippen molar-refractivity contribution in [3.63, 3.8) is 0 Å². The van der Waals surface area contributed by atoms with E-state index in [1.807, 2.05) is 13.8 Å². The summed E-state index contributed by atoms with van der Waals surface area (Å²) in [5.74, 6) is -0.126. The molecule has 98 valence electrons. The van der Waals surface area contributed by atoms with E-state index in [1.54, 1.807) is 18.0 Å². The van der Waals surface area contributed by atoms with Gasteiger partial charge in [-0.05, 0) is 20.3 Å². The average Bonchev–Trinajstić information content (AvgIpc) is 2.71. The third kappa shape index (κ3) is 2.12. The Morgan fingerprint density at radius 3 is 2.78 bits per heavy atom. The van der Waals surface area contributed by atoms with Gasteiger partial charge < -0.3 is 4.90 Å². The first-order chi connectivity index (χ1) is 8.47. The maximum Gasteiger partial charge on any atom is 0.251 e. The van der Waals surface area contributed by atoms with Crippen LogP contribution in [0.1, 0.15) is 31.6 Å². The van der Waals surface area contributed by atoms with Gasteiger partial charge in [-0.1, -0.05) is 6.92 Å². The van der Waals surface area contributed by atoms with Crippen LogP contribution in [0.5, 0.6) is 0 Å². The zero-order chi connectivity index (χ0) is 13.3. The summed E-state index contributed by atoms with van der Waals surface area (Å²) in [6.07, 6.45) is 2.85. The third-order valence-electron chi connectivity index (χ3n) is 3.35. The van der Waals surface area contributed by atoms with Crippen molar-refractivity contribution >= 4 is 28.3 Å². The Hall–Kier alpha value is -1.43. The maximum absolute atomic E-state index is 12.2. The molecule has 1 N–H and O–H groups in total. The summed E-state index contributed by atoms with van der Waals surface area (Å²) in [6, 6.07) is 0. The van der Waals surface area contributed by atoms with Gasteiger partial charge in [-0.25, -0.2) is 4.98 Å². The van der Waals surface area contributed by atoms with Crippen LogP contribution in [-0.4, -0.2) is 33.8 Å². The lowest BCUT2D eigenvalue weighted by molar-refractivity contribution is -0.154. The van der Waals surface area contributed by atoms with Gasteiger partial charge in [-0.15, -0.1) is 11.3 Å². The standard InChI is InChI=1S/C12H17N3O2S/c1-4-9(16)15-6-5-12(15,3)10(17)14-11-13-7-8(2)18-11/h7H,4-6H2,1-3H3,(H,13,14,17). The molecule has 18 heavy (non-hydrogen) atoms. The van der Waals surface area contributed by atoms with Gasteiger partial charge in [0.25, 0.3) is 5.91 Å². The number of nitrogens with one attached hydrogen (secondary N) is 1. The van der Waals surface area contributed by atoms with Crippen LogP contribution in [0.3, 0.4) is 0 Å². The molecule has 2 heterocycles. The molecule has 1 saturated heterocycles. The van der Waals surface area contributed by atoms with E-state index in [2.05, 4.69) is 10.3 Å². The second-order valence-corrected chi connectivity index (χ2v) is 5.89. The van der Waals surface area contributed by atoms with Crippen molar-refractivity contribution in [3.8, 4) is 0 Å². The number of aromatic nitrogens is 1. The Balaban J connectivity index is 2.06. The van der Waals surface area contributed by atoms with Crippen molar-refractivity contribution in [2.45, 2.75) is 39.2 Å². The van der Waals surface area contributed by atoms with E-state index in [4.69, 9.17) is 0 Å². The molecule has 1 atom stereocenters. The number of aryl methyl sites for hydroxylation is 1. The van der Waals surface area contributed by atoms with Gasteiger partial charge in [0.1, 0.15) is 5.54 Å². The van der Waals surface area contributed by atoms with Crippen LogP contribution in [0.2, 0.25) is 0 Å². The van der Waals surface area contributed by atoms with Crippen molar-refractivity contribution in [1.82, 2.24) is 9.88 Å². The van der Waals surface area contributed by atoms with Crippen LogP contribution in [0.15, 0.2) is 6.20 Å². The number of carbonyl (C=O) groups is 2. The van der Waals surface area contributed by atoms with Crippen LogP contribution in [0, 0.1) is 6.92 Å². The second kappa shape index (κ2) is 4.68. The summed E-state index contributed by atoms with van der Waals surface area (Å²) in [4.78, 5) is 30.7. The quantitative estimate of drug-likeness (QED) is 0.908. The van der Waals surface area contributed by atoms with Crippen molar-refractivity contribution < 1.29 is 9.59 Å². The van der Waals surface area contributed by atoms with E-state index in [1.165, 1.54) is 11.3 Å². The molecule has 6 heteroatoms. The molecule has 0 bridgehead atoms. The monoisotopic (exact) mass is 267 g/mol. The number of hydrogen-bond acceptors (Lipinski definition) is 4. The number of carbonyl (C=O) groups excluding carboxylic acids is 2. The van der Waals surface area contributed by atoms with E-state index < -0.39 is 5.54 Å². The fourth-order valence-electron chi connectivity index (χ4n) is 2.03. The van der Waals surface area contributed by atoms with E-state index in [0.29, 0.717) is 24.5 Å². The summed E-state index contributed by atoms with van der Waals surface area (Å²) in [5, 5.41) is 3.38. The van der Waals surface area contributed by atoms with Gasteiger partial charge in [0.15, 0.2) is 5.13 Å². The zero-order valence-corrected chi connectivity index (χ0v) is 11.6. The molecule has 1 fully saturated rings. The molecule has 0 saturated carbocycles. The summed E-state index contributed by atoms with van der Waals surface area (Å²) in [7, 11) is 0. The number of anilines is 1. The lowest BCUT2D eigenvalue weighted by Crippen LogP contribution is -2.66. The molecule has 1 aliphatic rings. The normalized spacial score (nSPS) is 22.5. The first kappa shape index (κ1) is 13.0. The Labute approximate surface area is 110 Å². The Morgan fingerprint density at radius 2 is 2.33 bits per heavy atom. The topological polar surface area (TPSA) is 62.3 Å². The summed E-state index contributed by atoms with van der Waals surface area (Å²) in [5.41, 5.74) is -0.716. The lowest BCUT2D eigenvalue weighted by atomic mass is 9.85. The van der Waals surface area contributed by atoms with Crippen LogP contribution in [-0.2, 0) is 9.59 Å². The Kier molecular flexibility index (Phi) is 3.38. The number of nitrogens with zero attached hydrogens (tertiary/aromatic N) is 2. The largest absolute Gasteiger partial charge is 0.328 e. The number of rotatable bonds is 3. The molecule has 1 aromatic heterocycles. The van der Waals surface area contributed by atoms with Gasteiger partial charge in [-0.2, -0.15) is 0 Å².